The lowest BCUT2D eigenvalue weighted by atomic mass is 10.00. The number of carbonyl (C=O) groups is 2. The lowest BCUT2D eigenvalue weighted by Gasteiger charge is -2.29. The van der Waals surface area contributed by atoms with E-state index in [0.717, 1.165) is 16.5 Å². The fourth-order valence-corrected chi connectivity index (χ4v) is 3.09. The van der Waals surface area contributed by atoms with Crippen molar-refractivity contribution in [3.05, 3.63) is 45.7 Å². The first-order valence-electron chi connectivity index (χ1n) is 6.72. The normalized spacial score (nSPS) is 13.8. The third kappa shape index (κ3) is 2.87. The van der Waals surface area contributed by atoms with Crippen LogP contribution in [-0.4, -0.2) is 43.4 Å². The van der Waals surface area contributed by atoms with E-state index in [1.165, 1.54) is 16.4 Å². The topological polar surface area (TPSA) is 88.3 Å². The number of halogens is 1. The van der Waals surface area contributed by atoms with Crippen molar-refractivity contribution < 1.29 is 14.7 Å². The highest BCUT2D eigenvalue weighted by atomic mass is 79.9. The molecule has 2 heterocycles. The zero-order valence-corrected chi connectivity index (χ0v) is 13.2. The lowest BCUT2D eigenvalue weighted by Crippen LogP contribution is -2.38. The Hall–Kier alpha value is -2.22. The summed E-state index contributed by atoms with van der Waals surface area (Å²) in [6.45, 7) is 1.17. The van der Waals surface area contributed by atoms with Gasteiger partial charge in [-0.05, 0) is 23.6 Å². The molecule has 1 amide bonds. The Morgan fingerprint density at radius 1 is 1.36 bits per heavy atom. The number of nitrogens with zero attached hydrogens (tertiary/aromatic N) is 4. The molecule has 7 nitrogen and oxygen atoms in total. The number of carbonyl (C=O) groups excluding carboxylic acids is 1. The molecule has 22 heavy (non-hydrogen) atoms. The van der Waals surface area contributed by atoms with Gasteiger partial charge in [0.25, 0.3) is 0 Å². The molecular weight excluding hydrogens is 352 g/mol. The lowest BCUT2D eigenvalue weighted by molar-refractivity contribution is -0.133. The Balaban J connectivity index is 1.70. The Labute approximate surface area is 134 Å². The van der Waals surface area contributed by atoms with Gasteiger partial charge in [0.05, 0.1) is 6.20 Å². The van der Waals surface area contributed by atoms with Crippen molar-refractivity contribution in [2.75, 3.05) is 6.54 Å². The average Bonchev–Trinajstić information content (AvgIpc) is 2.96. The van der Waals surface area contributed by atoms with E-state index in [1.807, 2.05) is 18.2 Å². The maximum atomic E-state index is 12.3. The van der Waals surface area contributed by atoms with E-state index in [1.54, 1.807) is 4.90 Å². The zero-order valence-electron chi connectivity index (χ0n) is 11.6. The quantitative estimate of drug-likeness (QED) is 0.887. The molecule has 1 aliphatic rings. The molecule has 0 saturated carbocycles. The summed E-state index contributed by atoms with van der Waals surface area (Å²) in [5.74, 6) is -1.26. The van der Waals surface area contributed by atoms with Gasteiger partial charge in [-0.3, -0.25) is 4.79 Å². The van der Waals surface area contributed by atoms with E-state index in [-0.39, 0.29) is 18.1 Å². The highest BCUT2D eigenvalue weighted by Crippen LogP contribution is 2.26. The minimum Gasteiger partial charge on any atom is -0.476 e. The Kier molecular flexibility index (Phi) is 3.93. The minimum atomic E-state index is -1.16. The van der Waals surface area contributed by atoms with Crippen molar-refractivity contribution in [1.29, 1.82) is 0 Å². The number of fused-ring (bicyclic) bond motifs is 1. The molecule has 0 atom stereocenters. The highest BCUT2D eigenvalue weighted by molar-refractivity contribution is 9.10. The number of hydrogen-bond donors (Lipinski definition) is 1. The number of hydrogen-bond acceptors (Lipinski definition) is 4. The van der Waals surface area contributed by atoms with Gasteiger partial charge in [-0.15, -0.1) is 5.10 Å². The summed E-state index contributed by atoms with van der Waals surface area (Å²) in [6.07, 6.45) is 2.05. The molecule has 0 unspecified atom stereocenters. The first-order chi connectivity index (χ1) is 10.5. The van der Waals surface area contributed by atoms with E-state index in [4.69, 9.17) is 5.11 Å². The van der Waals surface area contributed by atoms with E-state index in [2.05, 4.69) is 26.2 Å². The molecule has 1 N–H and O–H groups in total. The number of carboxylic acids is 1. The molecule has 1 aromatic carbocycles. The van der Waals surface area contributed by atoms with Gasteiger partial charge in [-0.2, -0.15) is 0 Å². The molecule has 0 bridgehead atoms. The number of aromatic carboxylic acids is 1. The molecule has 3 rings (SSSR count). The maximum Gasteiger partial charge on any atom is 0.358 e. The van der Waals surface area contributed by atoms with Crippen LogP contribution in [0.4, 0.5) is 0 Å². The van der Waals surface area contributed by atoms with Crippen molar-refractivity contribution in [2.24, 2.45) is 0 Å². The van der Waals surface area contributed by atoms with Crippen LogP contribution in [0.1, 0.15) is 21.6 Å². The van der Waals surface area contributed by atoms with Crippen LogP contribution in [0.5, 0.6) is 0 Å². The Morgan fingerprint density at radius 2 is 2.18 bits per heavy atom. The van der Waals surface area contributed by atoms with Crippen LogP contribution < -0.4 is 0 Å². The highest BCUT2D eigenvalue weighted by Gasteiger charge is 2.22. The predicted octanol–water partition coefficient (Wildman–Crippen LogP) is 1.32. The molecule has 0 aliphatic carbocycles. The van der Waals surface area contributed by atoms with Crippen LogP contribution in [0, 0.1) is 0 Å². The fourth-order valence-electron chi connectivity index (χ4n) is 2.49. The number of aromatic nitrogens is 3. The van der Waals surface area contributed by atoms with Gasteiger partial charge in [-0.1, -0.05) is 33.3 Å². The third-order valence-electron chi connectivity index (χ3n) is 3.62. The SMILES string of the molecule is O=C(O)c1cn(CC(=O)N2CCc3c(Br)cccc3C2)nn1. The largest absolute Gasteiger partial charge is 0.476 e. The monoisotopic (exact) mass is 364 g/mol. The van der Waals surface area contributed by atoms with Gasteiger partial charge >= 0.3 is 5.97 Å². The van der Waals surface area contributed by atoms with Crippen molar-refractivity contribution in [1.82, 2.24) is 19.9 Å². The summed E-state index contributed by atoms with van der Waals surface area (Å²) in [5.41, 5.74) is 2.19. The van der Waals surface area contributed by atoms with Gasteiger partial charge in [0.1, 0.15) is 6.54 Å². The third-order valence-corrected chi connectivity index (χ3v) is 4.36. The molecule has 8 heteroatoms. The van der Waals surface area contributed by atoms with Gasteiger partial charge in [-0.25, -0.2) is 9.48 Å². The van der Waals surface area contributed by atoms with Gasteiger partial charge in [0.15, 0.2) is 5.69 Å². The Morgan fingerprint density at radius 3 is 2.91 bits per heavy atom. The minimum absolute atomic E-state index is 0.0103. The average molecular weight is 365 g/mol. The molecule has 1 aromatic heterocycles. The molecule has 0 saturated heterocycles. The molecule has 0 radical (unpaired) electrons. The Bertz CT molecular complexity index is 743. The van der Waals surface area contributed by atoms with E-state index >= 15 is 0 Å². The first kappa shape index (κ1) is 14.7. The summed E-state index contributed by atoms with van der Waals surface area (Å²) in [4.78, 5) is 24.8. The smallest absolute Gasteiger partial charge is 0.358 e. The van der Waals surface area contributed by atoms with Crippen LogP contribution >= 0.6 is 15.9 Å². The zero-order chi connectivity index (χ0) is 15.7. The molecule has 114 valence electrons. The molecular formula is C14H13BrN4O3. The van der Waals surface area contributed by atoms with Crippen molar-refractivity contribution in [2.45, 2.75) is 19.5 Å². The summed E-state index contributed by atoms with van der Waals surface area (Å²) in [5, 5.41) is 16.0. The first-order valence-corrected chi connectivity index (χ1v) is 7.51. The standard InChI is InChI=1S/C14H13BrN4O3/c15-11-3-1-2-9-6-18(5-4-10(9)11)13(20)8-19-7-12(14(21)22)16-17-19/h1-3,7H,4-6,8H2,(H,21,22). The number of carboxylic acid groups (broad SMARTS) is 1. The second-order valence-corrected chi connectivity index (χ2v) is 5.90. The van der Waals surface area contributed by atoms with Crippen LogP contribution in [0.2, 0.25) is 0 Å². The van der Waals surface area contributed by atoms with E-state index in [0.29, 0.717) is 13.1 Å². The van der Waals surface area contributed by atoms with Crippen LogP contribution in [0.3, 0.4) is 0 Å². The molecule has 0 fully saturated rings. The van der Waals surface area contributed by atoms with Gasteiger partial charge < -0.3 is 10.0 Å². The van der Waals surface area contributed by atoms with Gasteiger partial charge in [0.2, 0.25) is 5.91 Å². The molecule has 2 aromatic rings. The van der Waals surface area contributed by atoms with Crippen LogP contribution in [-0.2, 0) is 24.3 Å². The second-order valence-electron chi connectivity index (χ2n) is 5.05. The predicted molar refractivity (Wildman–Crippen MR) is 80.2 cm³/mol. The number of benzene rings is 1. The summed E-state index contributed by atoms with van der Waals surface area (Å²) < 4.78 is 2.32. The molecule has 1 aliphatic heterocycles. The van der Waals surface area contributed by atoms with E-state index < -0.39 is 5.97 Å². The van der Waals surface area contributed by atoms with E-state index in [9.17, 15) is 9.59 Å². The second kappa shape index (κ2) is 5.88. The van der Waals surface area contributed by atoms with Crippen LogP contribution in [0.15, 0.2) is 28.9 Å². The summed E-state index contributed by atoms with van der Waals surface area (Å²) in [6, 6.07) is 5.96. The van der Waals surface area contributed by atoms with Crippen molar-refractivity contribution >= 4 is 27.8 Å². The number of rotatable bonds is 3. The van der Waals surface area contributed by atoms with Crippen molar-refractivity contribution in [3.8, 4) is 0 Å². The fraction of sp³-hybridized carbons (Fsp3) is 0.286. The van der Waals surface area contributed by atoms with Crippen LogP contribution in [0.25, 0.3) is 0 Å². The van der Waals surface area contributed by atoms with Gasteiger partial charge in [0, 0.05) is 17.6 Å². The summed E-state index contributed by atoms with van der Waals surface area (Å²) >= 11 is 3.53. The van der Waals surface area contributed by atoms with Crippen molar-refractivity contribution in [3.63, 3.8) is 0 Å². The molecule has 0 spiro atoms. The maximum absolute atomic E-state index is 12.3. The number of amides is 1. The summed E-state index contributed by atoms with van der Waals surface area (Å²) in [7, 11) is 0.